The van der Waals surface area contributed by atoms with Gasteiger partial charge >= 0.3 is 0 Å². The summed E-state index contributed by atoms with van der Waals surface area (Å²) in [5.74, 6) is 1.02. The molecule has 0 radical (unpaired) electrons. The number of halogens is 1. The van der Waals surface area contributed by atoms with Crippen LogP contribution in [0.1, 0.15) is 39.2 Å². The van der Waals surface area contributed by atoms with Gasteiger partial charge in [-0.1, -0.05) is 20.8 Å². The minimum absolute atomic E-state index is 0.0988. The van der Waals surface area contributed by atoms with Crippen molar-refractivity contribution in [3.05, 3.63) is 21.5 Å². The second-order valence-electron chi connectivity index (χ2n) is 5.07. The maximum Gasteiger partial charge on any atom is 0.127 e. The van der Waals surface area contributed by atoms with E-state index in [1.807, 2.05) is 12.3 Å². The molecule has 2 nitrogen and oxygen atoms in total. The SMILES string of the molecule is CC(C)(C)c1cnc(I)cc1OC1CC1. The molecule has 1 aliphatic rings. The zero-order valence-corrected chi connectivity index (χ0v) is 11.5. The summed E-state index contributed by atoms with van der Waals surface area (Å²) in [6.07, 6.45) is 4.79. The Balaban J connectivity index is 2.34. The molecule has 0 saturated heterocycles. The van der Waals surface area contributed by atoms with Crippen LogP contribution in [0.3, 0.4) is 0 Å². The van der Waals surface area contributed by atoms with Gasteiger partial charge in [-0.2, -0.15) is 0 Å². The molecule has 0 spiro atoms. The fourth-order valence-electron chi connectivity index (χ4n) is 1.44. The van der Waals surface area contributed by atoms with Gasteiger partial charge in [0.2, 0.25) is 0 Å². The molecule has 1 aromatic heterocycles. The van der Waals surface area contributed by atoms with E-state index in [1.54, 1.807) is 0 Å². The van der Waals surface area contributed by atoms with Crippen molar-refractivity contribution in [2.45, 2.75) is 45.1 Å². The van der Waals surface area contributed by atoms with Crippen LogP contribution in [0.5, 0.6) is 5.75 Å². The van der Waals surface area contributed by atoms with Crippen molar-refractivity contribution in [3.63, 3.8) is 0 Å². The van der Waals surface area contributed by atoms with Crippen LogP contribution in [0.2, 0.25) is 0 Å². The number of hydrogen-bond acceptors (Lipinski definition) is 2. The predicted octanol–water partition coefficient (Wildman–Crippen LogP) is 3.52. The van der Waals surface area contributed by atoms with Gasteiger partial charge in [-0.3, -0.25) is 0 Å². The highest BCUT2D eigenvalue weighted by molar-refractivity contribution is 14.1. The lowest BCUT2D eigenvalue weighted by atomic mass is 9.88. The summed E-state index contributed by atoms with van der Waals surface area (Å²) in [5.41, 5.74) is 1.30. The van der Waals surface area contributed by atoms with Crippen LogP contribution in [0, 0.1) is 3.70 Å². The van der Waals surface area contributed by atoms with E-state index in [4.69, 9.17) is 4.74 Å². The first-order valence-electron chi connectivity index (χ1n) is 5.29. The number of hydrogen-bond donors (Lipinski definition) is 0. The fraction of sp³-hybridized carbons (Fsp3) is 0.583. The van der Waals surface area contributed by atoms with E-state index in [1.165, 1.54) is 18.4 Å². The standard InChI is InChI=1S/C12H16INO/c1-12(2,3)9-7-14-11(13)6-10(9)15-8-4-5-8/h6-8H,4-5H2,1-3H3. The summed E-state index contributed by atoms with van der Waals surface area (Å²) < 4.78 is 6.92. The Bertz CT molecular complexity index is 366. The molecule has 2 rings (SSSR count). The van der Waals surface area contributed by atoms with Gasteiger partial charge in [-0.05, 0) is 40.8 Å². The molecule has 0 unspecified atom stereocenters. The van der Waals surface area contributed by atoms with Crippen LogP contribution in [0.4, 0.5) is 0 Å². The molecule has 1 saturated carbocycles. The minimum Gasteiger partial charge on any atom is -0.490 e. The molecule has 1 heterocycles. The van der Waals surface area contributed by atoms with Gasteiger partial charge in [0.25, 0.3) is 0 Å². The molecule has 1 aliphatic carbocycles. The molecular weight excluding hydrogens is 301 g/mol. The fourth-order valence-corrected chi connectivity index (χ4v) is 1.86. The van der Waals surface area contributed by atoms with Crippen molar-refractivity contribution < 1.29 is 4.74 Å². The van der Waals surface area contributed by atoms with E-state index in [2.05, 4.69) is 48.3 Å². The van der Waals surface area contributed by atoms with Crippen molar-refractivity contribution >= 4 is 22.6 Å². The molecule has 0 atom stereocenters. The number of aromatic nitrogens is 1. The zero-order valence-electron chi connectivity index (χ0n) is 9.38. The maximum absolute atomic E-state index is 5.92. The first-order chi connectivity index (χ1) is 6.97. The smallest absolute Gasteiger partial charge is 0.127 e. The lowest BCUT2D eigenvalue weighted by molar-refractivity contribution is 0.294. The summed E-state index contributed by atoms with van der Waals surface area (Å²) in [6.45, 7) is 6.57. The molecule has 0 N–H and O–H groups in total. The van der Waals surface area contributed by atoms with Crippen molar-refractivity contribution in [3.8, 4) is 5.75 Å². The Kier molecular flexibility index (Phi) is 2.92. The molecule has 1 aromatic rings. The summed E-state index contributed by atoms with van der Waals surface area (Å²) in [6, 6.07) is 2.04. The maximum atomic E-state index is 5.92. The first kappa shape index (κ1) is 11.2. The topological polar surface area (TPSA) is 22.1 Å². The van der Waals surface area contributed by atoms with Crippen LogP contribution >= 0.6 is 22.6 Å². The second kappa shape index (κ2) is 3.92. The highest BCUT2D eigenvalue weighted by Gasteiger charge is 2.27. The van der Waals surface area contributed by atoms with E-state index in [9.17, 15) is 0 Å². The van der Waals surface area contributed by atoms with Crippen LogP contribution < -0.4 is 4.74 Å². The Morgan fingerprint density at radius 3 is 2.60 bits per heavy atom. The van der Waals surface area contributed by atoms with E-state index >= 15 is 0 Å². The van der Waals surface area contributed by atoms with E-state index in [0.29, 0.717) is 6.10 Å². The largest absolute Gasteiger partial charge is 0.490 e. The monoisotopic (exact) mass is 317 g/mol. The van der Waals surface area contributed by atoms with E-state index in [-0.39, 0.29) is 5.41 Å². The number of rotatable bonds is 2. The molecule has 15 heavy (non-hydrogen) atoms. The first-order valence-corrected chi connectivity index (χ1v) is 6.37. The lowest BCUT2D eigenvalue weighted by Crippen LogP contribution is -2.14. The molecule has 0 amide bonds. The number of ether oxygens (including phenoxy) is 1. The normalized spacial score (nSPS) is 16.5. The zero-order chi connectivity index (χ0) is 11.1. The number of nitrogens with zero attached hydrogens (tertiary/aromatic N) is 1. The third-order valence-corrected chi connectivity index (χ3v) is 3.05. The van der Waals surface area contributed by atoms with Crippen molar-refractivity contribution in [2.24, 2.45) is 0 Å². The average molecular weight is 317 g/mol. The van der Waals surface area contributed by atoms with Gasteiger partial charge in [0.15, 0.2) is 0 Å². The van der Waals surface area contributed by atoms with Crippen LogP contribution in [0.25, 0.3) is 0 Å². The van der Waals surface area contributed by atoms with Gasteiger partial charge in [-0.25, -0.2) is 4.98 Å². The summed E-state index contributed by atoms with van der Waals surface area (Å²) in [4.78, 5) is 4.34. The third kappa shape index (κ3) is 2.83. The van der Waals surface area contributed by atoms with E-state index < -0.39 is 0 Å². The molecule has 0 bridgehead atoms. The van der Waals surface area contributed by atoms with Crippen LogP contribution in [-0.4, -0.2) is 11.1 Å². The Morgan fingerprint density at radius 2 is 2.07 bits per heavy atom. The van der Waals surface area contributed by atoms with Crippen LogP contribution in [-0.2, 0) is 5.41 Å². The summed E-state index contributed by atoms with van der Waals surface area (Å²) >= 11 is 2.23. The van der Waals surface area contributed by atoms with Crippen LogP contribution in [0.15, 0.2) is 12.3 Å². The number of pyridine rings is 1. The van der Waals surface area contributed by atoms with Gasteiger partial charge in [0, 0.05) is 17.8 Å². The van der Waals surface area contributed by atoms with Crippen molar-refractivity contribution in [1.29, 1.82) is 0 Å². The average Bonchev–Trinajstić information content (AvgIpc) is 2.85. The molecular formula is C12H16INO. The molecule has 3 heteroatoms. The Labute approximate surface area is 105 Å². The summed E-state index contributed by atoms with van der Waals surface area (Å²) in [7, 11) is 0. The molecule has 82 valence electrons. The van der Waals surface area contributed by atoms with Gasteiger partial charge in [0.1, 0.15) is 9.45 Å². The van der Waals surface area contributed by atoms with Gasteiger partial charge in [-0.15, -0.1) is 0 Å². The molecule has 1 fully saturated rings. The second-order valence-corrected chi connectivity index (χ2v) is 6.18. The lowest BCUT2D eigenvalue weighted by Gasteiger charge is -2.22. The quantitative estimate of drug-likeness (QED) is 0.615. The highest BCUT2D eigenvalue weighted by atomic mass is 127. The molecule has 0 aromatic carbocycles. The Hall–Kier alpha value is -0.320. The van der Waals surface area contributed by atoms with Crippen molar-refractivity contribution in [1.82, 2.24) is 4.98 Å². The predicted molar refractivity (Wildman–Crippen MR) is 69.3 cm³/mol. The van der Waals surface area contributed by atoms with E-state index in [0.717, 1.165) is 9.45 Å². The highest BCUT2D eigenvalue weighted by Crippen LogP contribution is 2.35. The summed E-state index contributed by atoms with van der Waals surface area (Å²) in [5, 5.41) is 0. The third-order valence-electron chi connectivity index (χ3n) is 2.46. The Morgan fingerprint density at radius 1 is 1.40 bits per heavy atom. The minimum atomic E-state index is 0.0988. The van der Waals surface area contributed by atoms with Crippen molar-refractivity contribution in [2.75, 3.05) is 0 Å². The van der Waals surface area contributed by atoms with Gasteiger partial charge < -0.3 is 4.74 Å². The molecule has 0 aliphatic heterocycles. The van der Waals surface area contributed by atoms with Gasteiger partial charge in [0.05, 0.1) is 6.10 Å².